The third kappa shape index (κ3) is 3.06. The van der Waals surface area contributed by atoms with Gasteiger partial charge in [-0.15, -0.1) is 0 Å². The van der Waals surface area contributed by atoms with Crippen molar-refractivity contribution in [3.05, 3.63) is 72.8 Å². The summed E-state index contributed by atoms with van der Waals surface area (Å²) in [5, 5.41) is 11.3. The number of fused-ring (bicyclic) bond motifs is 1. The topological polar surface area (TPSA) is 57.6 Å². The molecule has 0 aliphatic heterocycles. The lowest BCUT2D eigenvalue weighted by Crippen LogP contribution is -2.33. The highest BCUT2D eigenvalue weighted by molar-refractivity contribution is 7.92. The summed E-state index contributed by atoms with van der Waals surface area (Å²) >= 11 is 0. The van der Waals surface area contributed by atoms with Crippen LogP contribution in [-0.2, 0) is 10.0 Å². The lowest BCUT2D eigenvalue weighted by Gasteiger charge is -2.24. The summed E-state index contributed by atoms with van der Waals surface area (Å²) in [6.45, 7) is -0.242. The molecule has 0 heterocycles. The minimum atomic E-state index is -3.71. The summed E-state index contributed by atoms with van der Waals surface area (Å²) in [6.07, 6.45) is 0. The SMILES string of the molecule is O=S(=O)(c1ccccc1)N(CCO)c1ccc2ccccc2c1. The van der Waals surface area contributed by atoms with E-state index < -0.39 is 10.0 Å². The summed E-state index contributed by atoms with van der Waals surface area (Å²) in [7, 11) is -3.71. The van der Waals surface area contributed by atoms with Crippen LogP contribution in [-0.4, -0.2) is 26.7 Å². The van der Waals surface area contributed by atoms with Crippen LogP contribution in [0, 0.1) is 0 Å². The van der Waals surface area contributed by atoms with Crippen molar-refractivity contribution in [2.45, 2.75) is 4.90 Å². The number of benzene rings is 3. The van der Waals surface area contributed by atoms with E-state index in [1.165, 1.54) is 4.31 Å². The third-order valence-corrected chi connectivity index (χ3v) is 5.50. The molecule has 3 rings (SSSR count). The number of hydrogen-bond donors (Lipinski definition) is 1. The Balaban J connectivity index is 2.10. The van der Waals surface area contributed by atoms with Gasteiger partial charge in [-0.25, -0.2) is 8.42 Å². The highest BCUT2D eigenvalue weighted by Gasteiger charge is 2.24. The molecule has 23 heavy (non-hydrogen) atoms. The van der Waals surface area contributed by atoms with E-state index in [2.05, 4.69) is 0 Å². The lowest BCUT2D eigenvalue weighted by atomic mass is 10.1. The van der Waals surface area contributed by atoms with Crippen LogP contribution in [0.5, 0.6) is 0 Å². The van der Waals surface area contributed by atoms with Gasteiger partial charge in [-0.2, -0.15) is 0 Å². The molecule has 0 saturated heterocycles. The highest BCUT2D eigenvalue weighted by atomic mass is 32.2. The fourth-order valence-electron chi connectivity index (χ4n) is 2.53. The molecule has 0 unspecified atom stereocenters. The molecule has 118 valence electrons. The maximum absolute atomic E-state index is 12.9. The normalized spacial score (nSPS) is 11.5. The Kier molecular flexibility index (Phi) is 4.32. The highest BCUT2D eigenvalue weighted by Crippen LogP contribution is 2.27. The molecule has 3 aromatic rings. The van der Waals surface area contributed by atoms with Crippen LogP contribution in [0.4, 0.5) is 5.69 Å². The Bertz CT molecular complexity index is 908. The molecule has 4 nitrogen and oxygen atoms in total. The third-order valence-electron chi connectivity index (χ3n) is 3.66. The fraction of sp³-hybridized carbons (Fsp3) is 0.111. The van der Waals surface area contributed by atoms with E-state index in [1.807, 2.05) is 36.4 Å². The van der Waals surface area contributed by atoms with E-state index in [4.69, 9.17) is 0 Å². The number of hydrogen-bond acceptors (Lipinski definition) is 3. The predicted molar refractivity (Wildman–Crippen MR) is 92.0 cm³/mol. The van der Waals surface area contributed by atoms with E-state index in [-0.39, 0.29) is 18.0 Å². The average molecular weight is 327 g/mol. The van der Waals surface area contributed by atoms with Crippen LogP contribution >= 0.6 is 0 Å². The largest absolute Gasteiger partial charge is 0.394 e. The van der Waals surface area contributed by atoms with E-state index in [9.17, 15) is 13.5 Å². The van der Waals surface area contributed by atoms with Crippen LogP contribution in [0.15, 0.2) is 77.7 Å². The molecule has 5 heteroatoms. The first kappa shape index (κ1) is 15.5. The van der Waals surface area contributed by atoms with E-state index in [1.54, 1.807) is 36.4 Å². The average Bonchev–Trinajstić information content (AvgIpc) is 2.60. The number of sulfonamides is 1. The molecule has 0 atom stereocenters. The van der Waals surface area contributed by atoms with Crippen molar-refractivity contribution in [3.63, 3.8) is 0 Å². The van der Waals surface area contributed by atoms with E-state index in [0.29, 0.717) is 5.69 Å². The Hall–Kier alpha value is -2.37. The van der Waals surface area contributed by atoms with Gasteiger partial charge in [0.1, 0.15) is 0 Å². The number of rotatable bonds is 5. The molecule has 0 spiro atoms. The summed E-state index contributed by atoms with van der Waals surface area (Å²) < 4.78 is 27.0. The van der Waals surface area contributed by atoms with Gasteiger partial charge in [0.15, 0.2) is 0 Å². The Morgan fingerprint density at radius 3 is 2.17 bits per heavy atom. The van der Waals surface area contributed by atoms with Crippen molar-refractivity contribution in [3.8, 4) is 0 Å². The second kappa shape index (κ2) is 6.40. The number of aliphatic hydroxyl groups is 1. The van der Waals surface area contributed by atoms with Crippen molar-refractivity contribution >= 4 is 26.5 Å². The molecular weight excluding hydrogens is 310 g/mol. The summed E-state index contributed by atoms with van der Waals surface area (Å²) in [6, 6.07) is 21.5. The van der Waals surface area contributed by atoms with Gasteiger partial charge >= 0.3 is 0 Å². The zero-order valence-corrected chi connectivity index (χ0v) is 13.3. The fourth-order valence-corrected chi connectivity index (χ4v) is 4.00. The molecule has 3 aromatic carbocycles. The first-order chi connectivity index (χ1) is 11.1. The monoisotopic (exact) mass is 327 g/mol. The summed E-state index contributed by atoms with van der Waals surface area (Å²) in [5.41, 5.74) is 0.543. The second-order valence-corrected chi connectivity index (χ2v) is 7.01. The van der Waals surface area contributed by atoms with Crippen molar-refractivity contribution in [2.24, 2.45) is 0 Å². The Morgan fingerprint density at radius 1 is 0.826 bits per heavy atom. The Morgan fingerprint density at radius 2 is 1.48 bits per heavy atom. The van der Waals surface area contributed by atoms with Gasteiger partial charge in [0.05, 0.1) is 23.7 Å². The smallest absolute Gasteiger partial charge is 0.264 e. The minimum absolute atomic E-state index is 0.00949. The molecule has 0 amide bonds. The van der Waals surface area contributed by atoms with Gasteiger partial charge in [0.2, 0.25) is 0 Å². The molecule has 0 aliphatic rings. The maximum atomic E-state index is 12.9. The molecule has 0 radical (unpaired) electrons. The van der Waals surface area contributed by atoms with E-state index in [0.717, 1.165) is 10.8 Å². The zero-order chi connectivity index (χ0) is 16.3. The van der Waals surface area contributed by atoms with Crippen LogP contribution in [0.3, 0.4) is 0 Å². The van der Waals surface area contributed by atoms with Crippen LogP contribution in [0.2, 0.25) is 0 Å². The van der Waals surface area contributed by atoms with Gasteiger partial charge in [0.25, 0.3) is 10.0 Å². The van der Waals surface area contributed by atoms with Gasteiger partial charge in [-0.05, 0) is 35.0 Å². The maximum Gasteiger partial charge on any atom is 0.264 e. The molecule has 0 fully saturated rings. The van der Waals surface area contributed by atoms with Gasteiger partial charge in [-0.1, -0.05) is 48.5 Å². The first-order valence-corrected chi connectivity index (χ1v) is 8.74. The van der Waals surface area contributed by atoms with Crippen LogP contribution in [0.1, 0.15) is 0 Å². The van der Waals surface area contributed by atoms with Gasteiger partial charge in [-0.3, -0.25) is 4.31 Å². The van der Waals surface area contributed by atoms with Crippen LogP contribution in [0.25, 0.3) is 10.8 Å². The first-order valence-electron chi connectivity index (χ1n) is 7.30. The summed E-state index contributed by atoms with van der Waals surface area (Å²) in [4.78, 5) is 0.210. The van der Waals surface area contributed by atoms with Crippen molar-refractivity contribution in [1.82, 2.24) is 0 Å². The quantitative estimate of drug-likeness (QED) is 0.783. The van der Waals surface area contributed by atoms with E-state index >= 15 is 0 Å². The minimum Gasteiger partial charge on any atom is -0.394 e. The molecule has 0 saturated carbocycles. The van der Waals surface area contributed by atoms with Crippen LogP contribution < -0.4 is 4.31 Å². The van der Waals surface area contributed by atoms with Gasteiger partial charge in [0, 0.05) is 0 Å². The van der Waals surface area contributed by atoms with Crippen molar-refractivity contribution in [2.75, 3.05) is 17.5 Å². The van der Waals surface area contributed by atoms with Crippen molar-refractivity contribution in [1.29, 1.82) is 0 Å². The summed E-state index contributed by atoms with van der Waals surface area (Å²) in [5.74, 6) is 0. The molecule has 0 aromatic heterocycles. The van der Waals surface area contributed by atoms with Crippen molar-refractivity contribution < 1.29 is 13.5 Å². The molecule has 1 N–H and O–H groups in total. The predicted octanol–water partition coefficient (Wildman–Crippen LogP) is 3.03. The number of anilines is 1. The molecular formula is C18H17NO3S. The zero-order valence-electron chi connectivity index (χ0n) is 12.5. The second-order valence-electron chi connectivity index (χ2n) is 5.15. The molecule has 0 aliphatic carbocycles. The standard InChI is InChI=1S/C18H17NO3S/c20-13-12-19(23(21,22)18-8-2-1-3-9-18)17-11-10-15-6-4-5-7-16(15)14-17/h1-11,14,20H,12-13H2. The lowest BCUT2D eigenvalue weighted by molar-refractivity contribution is 0.306. The number of nitrogens with zero attached hydrogens (tertiary/aromatic N) is 1. The van der Waals surface area contributed by atoms with Gasteiger partial charge < -0.3 is 5.11 Å². The Labute approximate surface area is 135 Å². The molecule has 0 bridgehead atoms. The number of aliphatic hydroxyl groups excluding tert-OH is 1.